The third kappa shape index (κ3) is 1.81. The lowest BCUT2D eigenvalue weighted by Crippen LogP contribution is -2.11. The number of anilines is 1. The lowest BCUT2D eigenvalue weighted by molar-refractivity contribution is 0.100. The summed E-state index contributed by atoms with van der Waals surface area (Å²) in [7, 11) is 0. The Bertz CT molecular complexity index is 548. The summed E-state index contributed by atoms with van der Waals surface area (Å²) in [6.45, 7) is 0. The molecule has 16 heavy (non-hydrogen) atoms. The van der Waals surface area contributed by atoms with Gasteiger partial charge in [-0.25, -0.2) is 0 Å². The quantitative estimate of drug-likeness (QED) is 0.736. The van der Waals surface area contributed by atoms with E-state index >= 15 is 0 Å². The number of hydrogen-bond acceptors (Lipinski definition) is 2. The first-order valence-corrected chi connectivity index (χ1v) is 5.41. The van der Waals surface area contributed by atoms with Gasteiger partial charge in [-0.1, -0.05) is 15.9 Å². The molecule has 0 saturated carbocycles. The highest BCUT2D eigenvalue weighted by molar-refractivity contribution is 9.10. The highest BCUT2D eigenvalue weighted by Crippen LogP contribution is 2.29. The predicted octanol–water partition coefficient (Wildman–Crippen LogP) is 2.13. The number of hydrogen-bond donors (Lipinski definition) is 3. The summed E-state index contributed by atoms with van der Waals surface area (Å²) in [5.41, 5.74) is 13.6. The molecule has 0 aliphatic heterocycles. The Labute approximate surface area is 101 Å². The van der Waals surface area contributed by atoms with Crippen LogP contribution >= 0.6 is 15.9 Å². The highest BCUT2D eigenvalue weighted by atomic mass is 79.9. The Morgan fingerprint density at radius 3 is 2.69 bits per heavy atom. The molecule has 5 N–H and O–H groups in total. The summed E-state index contributed by atoms with van der Waals surface area (Å²) >= 11 is 3.33. The monoisotopic (exact) mass is 279 g/mol. The number of carbonyl (C=O) groups excluding carboxylic acids is 1. The summed E-state index contributed by atoms with van der Waals surface area (Å²) in [5.74, 6) is -0.474. The SMILES string of the molecule is NC(=O)c1cc[nH]c1-c1ccc(Br)cc1N. The van der Waals surface area contributed by atoms with Crippen molar-refractivity contribution in [2.75, 3.05) is 5.73 Å². The Kier molecular flexibility index (Phi) is 2.70. The first-order valence-electron chi connectivity index (χ1n) is 4.62. The van der Waals surface area contributed by atoms with Gasteiger partial charge in [0, 0.05) is 21.9 Å². The summed E-state index contributed by atoms with van der Waals surface area (Å²) in [4.78, 5) is 14.2. The van der Waals surface area contributed by atoms with Crippen molar-refractivity contribution in [1.29, 1.82) is 0 Å². The van der Waals surface area contributed by atoms with Crippen LogP contribution in [0.15, 0.2) is 34.9 Å². The number of primary amides is 1. The predicted molar refractivity (Wildman–Crippen MR) is 66.9 cm³/mol. The van der Waals surface area contributed by atoms with Gasteiger partial charge in [0.05, 0.1) is 11.3 Å². The average Bonchev–Trinajstić information content (AvgIpc) is 2.66. The Morgan fingerprint density at radius 1 is 1.31 bits per heavy atom. The molecule has 2 aromatic rings. The van der Waals surface area contributed by atoms with Gasteiger partial charge in [-0.2, -0.15) is 0 Å². The molecule has 5 heteroatoms. The molecule has 4 nitrogen and oxygen atoms in total. The molecule has 1 aromatic carbocycles. The van der Waals surface area contributed by atoms with E-state index in [2.05, 4.69) is 20.9 Å². The molecular formula is C11H10BrN3O. The van der Waals surface area contributed by atoms with Crippen molar-refractivity contribution in [1.82, 2.24) is 4.98 Å². The standard InChI is InChI=1S/C11H10BrN3O/c12-6-1-2-7(9(13)5-6)10-8(11(14)16)3-4-15-10/h1-5,15H,13H2,(H2,14,16). The van der Waals surface area contributed by atoms with Crippen molar-refractivity contribution in [3.8, 4) is 11.3 Å². The maximum atomic E-state index is 11.2. The van der Waals surface area contributed by atoms with Crippen LogP contribution < -0.4 is 11.5 Å². The van der Waals surface area contributed by atoms with Gasteiger partial charge in [0.15, 0.2) is 0 Å². The largest absolute Gasteiger partial charge is 0.398 e. The maximum Gasteiger partial charge on any atom is 0.250 e. The van der Waals surface area contributed by atoms with Crippen molar-refractivity contribution in [2.45, 2.75) is 0 Å². The van der Waals surface area contributed by atoms with Crippen LogP contribution in [0.1, 0.15) is 10.4 Å². The fraction of sp³-hybridized carbons (Fsp3) is 0. The van der Waals surface area contributed by atoms with E-state index in [1.807, 2.05) is 12.1 Å². The fourth-order valence-electron chi connectivity index (χ4n) is 1.56. The first-order chi connectivity index (χ1) is 7.59. The second-order valence-corrected chi connectivity index (χ2v) is 4.28. The Hall–Kier alpha value is -1.75. The van der Waals surface area contributed by atoms with Gasteiger partial charge in [-0.15, -0.1) is 0 Å². The summed E-state index contributed by atoms with van der Waals surface area (Å²) < 4.78 is 0.890. The van der Waals surface area contributed by atoms with Crippen molar-refractivity contribution >= 4 is 27.5 Å². The van der Waals surface area contributed by atoms with Gasteiger partial charge < -0.3 is 16.5 Å². The molecular weight excluding hydrogens is 270 g/mol. The molecule has 0 radical (unpaired) electrons. The number of nitrogens with two attached hydrogens (primary N) is 2. The minimum absolute atomic E-state index is 0.439. The number of aromatic amines is 1. The topological polar surface area (TPSA) is 84.9 Å². The van der Waals surface area contributed by atoms with E-state index in [9.17, 15) is 4.79 Å². The zero-order valence-corrected chi connectivity index (χ0v) is 9.91. The van der Waals surface area contributed by atoms with E-state index in [1.54, 1.807) is 18.3 Å². The number of nitrogens with one attached hydrogen (secondary N) is 1. The van der Waals surface area contributed by atoms with Gasteiger partial charge in [-0.05, 0) is 24.3 Å². The highest BCUT2D eigenvalue weighted by Gasteiger charge is 2.13. The maximum absolute atomic E-state index is 11.2. The number of aromatic nitrogens is 1. The fourth-order valence-corrected chi connectivity index (χ4v) is 1.94. The molecule has 1 heterocycles. The van der Waals surface area contributed by atoms with Crippen molar-refractivity contribution in [3.05, 3.63) is 40.5 Å². The number of benzene rings is 1. The molecule has 0 aliphatic rings. The van der Waals surface area contributed by atoms with E-state index in [0.29, 0.717) is 16.9 Å². The molecule has 82 valence electrons. The van der Waals surface area contributed by atoms with E-state index in [0.717, 1.165) is 10.0 Å². The zero-order valence-electron chi connectivity index (χ0n) is 8.33. The second kappa shape index (κ2) is 4.02. The number of nitrogen functional groups attached to an aromatic ring is 1. The molecule has 0 fully saturated rings. The molecule has 0 saturated heterocycles. The zero-order chi connectivity index (χ0) is 11.7. The summed E-state index contributed by atoms with van der Waals surface area (Å²) in [5, 5.41) is 0. The molecule has 2 rings (SSSR count). The smallest absolute Gasteiger partial charge is 0.250 e. The minimum Gasteiger partial charge on any atom is -0.398 e. The molecule has 1 amide bonds. The van der Waals surface area contributed by atoms with Crippen LogP contribution in [0.5, 0.6) is 0 Å². The van der Waals surface area contributed by atoms with Crippen molar-refractivity contribution in [3.63, 3.8) is 0 Å². The van der Waals surface area contributed by atoms with Crippen LogP contribution in [0.3, 0.4) is 0 Å². The number of carbonyl (C=O) groups is 1. The van der Waals surface area contributed by atoms with Crippen LogP contribution in [0.2, 0.25) is 0 Å². The summed E-state index contributed by atoms with van der Waals surface area (Å²) in [6.07, 6.45) is 1.66. The molecule has 0 bridgehead atoms. The van der Waals surface area contributed by atoms with Crippen LogP contribution in [-0.2, 0) is 0 Å². The van der Waals surface area contributed by atoms with Gasteiger partial charge >= 0.3 is 0 Å². The first kappa shape index (κ1) is 10.8. The van der Waals surface area contributed by atoms with Gasteiger partial charge in [0.2, 0.25) is 0 Å². The third-order valence-corrected chi connectivity index (χ3v) is 2.79. The normalized spacial score (nSPS) is 10.3. The number of halogens is 1. The molecule has 1 aromatic heterocycles. The van der Waals surface area contributed by atoms with Crippen LogP contribution in [-0.4, -0.2) is 10.9 Å². The van der Waals surface area contributed by atoms with Crippen molar-refractivity contribution in [2.24, 2.45) is 5.73 Å². The van der Waals surface area contributed by atoms with Crippen LogP contribution in [0, 0.1) is 0 Å². The van der Waals surface area contributed by atoms with E-state index in [4.69, 9.17) is 11.5 Å². The van der Waals surface area contributed by atoms with E-state index in [-0.39, 0.29) is 0 Å². The van der Waals surface area contributed by atoms with Gasteiger partial charge in [-0.3, -0.25) is 4.79 Å². The van der Waals surface area contributed by atoms with Crippen molar-refractivity contribution < 1.29 is 4.79 Å². The van der Waals surface area contributed by atoms with E-state index in [1.165, 1.54) is 0 Å². The van der Waals surface area contributed by atoms with Crippen LogP contribution in [0.25, 0.3) is 11.3 Å². The second-order valence-electron chi connectivity index (χ2n) is 3.36. The Balaban J connectivity index is 2.59. The summed E-state index contributed by atoms with van der Waals surface area (Å²) in [6, 6.07) is 7.11. The lowest BCUT2D eigenvalue weighted by atomic mass is 10.1. The lowest BCUT2D eigenvalue weighted by Gasteiger charge is -2.06. The molecule has 0 aliphatic carbocycles. The molecule has 0 atom stereocenters. The third-order valence-electron chi connectivity index (χ3n) is 2.30. The number of amides is 1. The van der Waals surface area contributed by atoms with E-state index < -0.39 is 5.91 Å². The number of H-pyrrole nitrogens is 1. The number of rotatable bonds is 2. The average molecular weight is 280 g/mol. The molecule has 0 spiro atoms. The van der Waals surface area contributed by atoms with Gasteiger partial charge in [0.1, 0.15) is 0 Å². The molecule has 0 unspecified atom stereocenters. The Morgan fingerprint density at radius 2 is 2.06 bits per heavy atom. The minimum atomic E-state index is -0.474. The van der Waals surface area contributed by atoms with Crippen LogP contribution in [0.4, 0.5) is 5.69 Å². The van der Waals surface area contributed by atoms with Gasteiger partial charge in [0.25, 0.3) is 5.91 Å².